The van der Waals surface area contributed by atoms with Gasteiger partial charge in [-0.3, -0.25) is 0 Å². The highest BCUT2D eigenvalue weighted by Gasteiger charge is 2.36. The van der Waals surface area contributed by atoms with Gasteiger partial charge < -0.3 is 15.7 Å². The number of hydrogen-bond acceptors (Lipinski definition) is 5. The summed E-state index contributed by atoms with van der Waals surface area (Å²) in [4.78, 5) is 8.27. The maximum Gasteiger partial charge on any atom is 0.131 e. The molecule has 1 fully saturated rings. The predicted molar refractivity (Wildman–Crippen MR) is 63.5 cm³/mol. The Bertz CT molecular complexity index is 346. The van der Waals surface area contributed by atoms with Gasteiger partial charge in [0.2, 0.25) is 0 Å². The molecule has 1 aromatic rings. The fourth-order valence-corrected chi connectivity index (χ4v) is 1.90. The monoisotopic (exact) mass is 222 g/mol. The molecular weight excluding hydrogens is 204 g/mol. The van der Waals surface area contributed by atoms with Crippen molar-refractivity contribution in [1.82, 2.24) is 9.97 Å². The third-order valence-corrected chi connectivity index (χ3v) is 3.03. The first-order chi connectivity index (χ1) is 7.78. The molecule has 0 spiro atoms. The van der Waals surface area contributed by atoms with Crippen LogP contribution < -0.4 is 10.6 Å². The Morgan fingerprint density at radius 2 is 2.12 bits per heavy atom. The van der Waals surface area contributed by atoms with Crippen LogP contribution in [0.15, 0.2) is 12.4 Å². The van der Waals surface area contributed by atoms with Crippen LogP contribution in [-0.4, -0.2) is 33.8 Å². The van der Waals surface area contributed by atoms with E-state index in [1.54, 1.807) is 0 Å². The van der Waals surface area contributed by atoms with E-state index in [1.165, 1.54) is 12.7 Å². The van der Waals surface area contributed by atoms with Gasteiger partial charge in [0.05, 0.1) is 12.1 Å². The summed E-state index contributed by atoms with van der Waals surface area (Å²) in [6.07, 6.45) is 4.71. The first-order valence-electron chi connectivity index (χ1n) is 5.73. The zero-order chi connectivity index (χ0) is 11.4. The van der Waals surface area contributed by atoms with Gasteiger partial charge in [-0.2, -0.15) is 0 Å². The van der Waals surface area contributed by atoms with Gasteiger partial charge in [0, 0.05) is 12.6 Å². The van der Waals surface area contributed by atoms with E-state index in [0.717, 1.165) is 31.0 Å². The van der Waals surface area contributed by atoms with Crippen LogP contribution in [-0.2, 0) is 0 Å². The molecule has 1 saturated carbocycles. The Morgan fingerprint density at radius 3 is 2.69 bits per heavy atom. The van der Waals surface area contributed by atoms with E-state index in [9.17, 15) is 5.11 Å². The van der Waals surface area contributed by atoms with Crippen LogP contribution in [0.25, 0.3) is 0 Å². The number of nitrogens with one attached hydrogen (secondary N) is 2. The molecule has 2 rings (SSSR count). The molecule has 1 aliphatic carbocycles. The maximum atomic E-state index is 9.35. The van der Waals surface area contributed by atoms with Crippen molar-refractivity contribution in [1.29, 1.82) is 0 Å². The van der Waals surface area contributed by atoms with Gasteiger partial charge in [-0.1, -0.05) is 0 Å². The lowest BCUT2D eigenvalue weighted by molar-refractivity contribution is 0.144. The SMILES string of the molecule is CCNc1cc(NC2(CO)CCC2)ncn1. The summed E-state index contributed by atoms with van der Waals surface area (Å²) in [6.45, 7) is 3.02. The first kappa shape index (κ1) is 11.1. The van der Waals surface area contributed by atoms with Gasteiger partial charge in [-0.25, -0.2) is 9.97 Å². The Hall–Kier alpha value is -1.36. The quantitative estimate of drug-likeness (QED) is 0.699. The average Bonchev–Trinajstić information content (AvgIpc) is 2.25. The number of aliphatic hydroxyl groups excluding tert-OH is 1. The summed E-state index contributed by atoms with van der Waals surface area (Å²) in [5.41, 5.74) is -0.155. The lowest BCUT2D eigenvalue weighted by Gasteiger charge is -2.41. The molecule has 88 valence electrons. The summed E-state index contributed by atoms with van der Waals surface area (Å²) in [5.74, 6) is 1.59. The zero-order valence-corrected chi connectivity index (χ0v) is 9.53. The summed E-state index contributed by atoms with van der Waals surface area (Å²) in [6, 6.07) is 1.87. The molecule has 16 heavy (non-hydrogen) atoms. The van der Waals surface area contributed by atoms with Crippen molar-refractivity contribution in [2.24, 2.45) is 0 Å². The number of aliphatic hydroxyl groups is 1. The zero-order valence-electron chi connectivity index (χ0n) is 9.53. The van der Waals surface area contributed by atoms with E-state index in [0.29, 0.717) is 0 Å². The molecule has 1 heterocycles. The molecule has 5 heteroatoms. The van der Waals surface area contributed by atoms with Crippen molar-refractivity contribution in [2.45, 2.75) is 31.7 Å². The van der Waals surface area contributed by atoms with Gasteiger partial charge in [-0.15, -0.1) is 0 Å². The number of rotatable bonds is 5. The molecule has 0 unspecified atom stereocenters. The average molecular weight is 222 g/mol. The van der Waals surface area contributed by atoms with Crippen LogP contribution in [0.2, 0.25) is 0 Å². The summed E-state index contributed by atoms with van der Waals surface area (Å²) >= 11 is 0. The van der Waals surface area contributed by atoms with Gasteiger partial charge in [0.15, 0.2) is 0 Å². The summed E-state index contributed by atoms with van der Waals surface area (Å²) in [7, 11) is 0. The van der Waals surface area contributed by atoms with Gasteiger partial charge in [0.1, 0.15) is 18.0 Å². The molecule has 1 aliphatic rings. The van der Waals surface area contributed by atoms with Crippen molar-refractivity contribution in [2.75, 3.05) is 23.8 Å². The van der Waals surface area contributed by atoms with Crippen LogP contribution in [0.5, 0.6) is 0 Å². The number of anilines is 2. The van der Waals surface area contributed by atoms with Gasteiger partial charge in [0.25, 0.3) is 0 Å². The van der Waals surface area contributed by atoms with E-state index >= 15 is 0 Å². The maximum absolute atomic E-state index is 9.35. The molecule has 0 radical (unpaired) electrons. The van der Waals surface area contributed by atoms with Crippen molar-refractivity contribution in [3.8, 4) is 0 Å². The van der Waals surface area contributed by atoms with E-state index in [2.05, 4.69) is 20.6 Å². The standard InChI is InChI=1S/C11H18N4O/c1-2-12-9-6-10(14-8-13-9)15-11(7-16)4-3-5-11/h6,8,16H,2-5,7H2,1H3,(H2,12,13,14,15). The Kier molecular flexibility index (Phi) is 3.24. The second kappa shape index (κ2) is 4.65. The molecule has 0 saturated heterocycles. The highest BCUT2D eigenvalue weighted by Crippen LogP contribution is 2.34. The Labute approximate surface area is 95.3 Å². The Morgan fingerprint density at radius 1 is 1.38 bits per heavy atom. The topological polar surface area (TPSA) is 70.1 Å². The van der Waals surface area contributed by atoms with Crippen LogP contribution in [0, 0.1) is 0 Å². The smallest absolute Gasteiger partial charge is 0.131 e. The normalized spacial score (nSPS) is 17.6. The molecule has 3 N–H and O–H groups in total. The van der Waals surface area contributed by atoms with Crippen LogP contribution in [0.3, 0.4) is 0 Å². The lowest BCUT2D eigenvalue weighted by atomic mass is 9.77. The van der Waals surface area contributed by atoms with Crippen LogP contribution in [0.1, 0.15) is 26.2 Å². The van der Waals surface area contributed by atoms with Crippen LogP contribution in [0.4, 0.5) is 11.6 Å². The fraction of sp³-hybridized carbons (Fsp3) is 0.636. The van der Waals surface area contributed by atoms with E-state index in [1.807, 2.05) is 13.0 Å². The fourth-order valence-electron chi connectivity index (χ4n) is 1.90. The van der Waals surface area contributed by atoms with Crippen molar-refractivity contribution >= 4 is 11.6 Å². The van der Waals surface area contributed by atoms with Crippen molar-refractivity contribution in [3.63, 3.8) is 0 Å². The first-order valence-corrected chi connectivity index (χ1v) is 5.73. The number of aromatic nitrogens is 2. The summed E-state index contributed by atoms with van der Waals surface area (Å²) in [5, 5.41) is 15.8. The second-order valence-electron chi connectivity index (χ2n) is 4.24. The molecule has 0 aliphatic heterocycles. The molecule has 0 aromatic carbocycles. The van der Waals surface area contributed by atoms with E-state index in [-0.39, 0.29) is 12.1 Å². The van der Waals surface area contributed by atoms with E-state index < -0.39 is 0 Å². The number of hydrogen-bond donors (Lipinski definition) is 3. The van der Waals surface area contributed by atoms with Crippen molar-refractivity contribution in [3.05, 3.63) is 12.4 Å². The molecule has 0 atom stereocenters. The molecule has 5 nitrogen and oxygen atoms in total. The van der Waals surface area contributed by atoms with Gasteiger partial charge >= 0.3 is 0 Å². The molecular formula is C11H18N4O. The lowest BCUT2D eigenvalue weighted by Crippen LogP contribution is -2.48. The minimum absolute atomic E-state index is 0.155. The largest absolute Gasteiger partial charge is 0.394 e. The highest BCUT2D eigenvalue weighted by molar-refractivity contribution is 5.48. The van der Waals surface area contributed by atoms with Gasteiger partial charge in [-0.05, 0) is 26.2 Å². The Balaban J connectivity index is 2.05. The molecule has 1 aromatic heterocycles. The van der Waals surface area contributed by atoms with Crippen molar-refractivity contribution < 1.29 is 5.11 Å². The molecule has 0 amide bonds. The highest BCUT2D eigenvalue weighted by atomic mass is 16.3. The second-order valence-corrected chi connectivity index (χ2v) is 4.24. The minimum Gasteiger partial charge on any atom is -0.394 e. The third kappa shape index (κ3) is 2.24. The third-order valence-electron chi connectivity index (χ3n) is 3.03. The van der Waals surface area contributed by atoms with E-state index in [4.69, 9.17) is 0 Å². The van der Waals surface area contributed by atoms with Crippen LogP contribution >= 0.6 is 0 Å². The minimum atomic E-state index is -0.155. The predicted octanol–water partition coefficient (Wildman–Crippen LogP) is 1.24. The summed E-state index contributed by atoms with van der Waals surface area (Å²) < 4.78 is 0. The molecule has 0 bridgehead atoms. The number of nitrogens with zero attached hydrogens (tertiary/aromatic N) is 2.